The van der Waals surface area contributed by atoms with Crippen LogP contribution >= 0.6 is 0 Å². The number of carbonyl (C=O) groups is 2. The van der Waals surface area contributed by atoms with E-state index in [1.54, 1.807) is 6.92 Å². The second kappa shape index (κ2) is 9.69. The van der Waals surface area contributed by atoms with E-state index in [1.165, 1.54) is 30.3 Å². The summed E-state index contributed by atoms with van der Waals surface area (Å²) in [7, 11) is 0. The number of alkyl halides is 2. The third-order valence-electron chi connectivity index (χ3n) is 4.11. The Balaban J connectivity index is 1.45. The van der Waals surface area contributed by atoms with E-state index in [1.807, 2.05) is 30.3 Å². The van der Waals surface area contributed by atoms with Gasteiger partial charge in [0.05, 0.1) is 6.04 Å². The van der Waals surface area contributed by atoms with E-state index < -0.39 is 31.1 Å². The molecule has 1 atom stereocenters. The van der Waals surface area contributed by atoms with E-state index in [4.69, 9.17) is 9.15 Å². The van der Waals surface area contributed by atoms with Crippen LogP contribution < -0.4 is 10.1 Å². The lowest BCUT2D eigenvalue weighted by molar-refractivity contribution is -0.144. The van der Waals surface area contributed by atoms with Crippen LogP contribution in [0.5, 0.6) is 5.75 Å². The Labute approximate surface area is 171 Å². The minimum atomic E-state index is -2.90. The molecular formula is C22H19F2NO5. The molecule has 0 saturated heterocycles. The van der Waals surface area contributed by atoms with Gasteiger partial charge in [0.15, 0.2) is 6.61 Å². The zero-order valence-corrected chi connectivity index (χ0v) is 16.0. The fourth-order valence-electron chi connectivity index (χ4n) is 2.68. The maximum absolute atomic E-state index is 12.1. The van der Waals surface area contributed by atoms with E-state index in [0.29, 0.717) is 11.3 Å². The van der Waals surface area contributed by atoms with Gasteiger partial charge in [-0.25, -0.2) is 4.79 Å². The van der Waals surface area contributed by atoms with Crippen LogP contribution in [-0.2, 0) is 14.3 Å². The van der Waals surface area contributed by atoms with E-state index in [9.17, 15) is 18.4 Å². The van der Waals surface area contributed by atoms with Crippen LogP contribution in [0.2, 0.25) is 0 Å². The van der Waals surface area contributed by atoms with Crippen LogP contribution in [0.3, 0.4) is 0 Å². The molecule has 0 unspecified atom stereocenters. The van der Waals surface area contributed by atoms with E-state index in [-0.39, 0.29) is 5.75 Å². The van der Waals surface area contributed by atoms with Crippen molar-refractivity contribution in [2.75, 3.05) is 6.61 Å². The van der Waals surface area contributed by atoms with Crippen LogP contribution in [0.4, 0.5) is 8.78 Å². The lowest BCUT2D eigenvalue weighted by Crippen LogP contribution is -2.30. The molecule has 3 aromatic rings. The third-order valence-corrected chi connectivity index (χ3v) is 4.11. The molecule has 0 fully saturated rings. The summed E-state index contributed by atoms with van der Waals surface area (Å²) in [5.74, 6) is -0.581. The van der Waals surface area contributed by atoms with Crippen LogP contribution in [0, 0.1) is 0 Å². The molecule has 0 bridgehead atoms. The van der Waals surface area contributed by atoms with Crippen molar-refractivity contribution in [2.45, 2.75) is 19.6 Å². The Kier molecular flexibility index (Phi) is 6.79. The molecule has 0 aliphatic rings. The van der Waals surface area contributed by atoms with Gasteiger partial charge in [0.1, 0.15) is 17.1 Å². The van der Waals surface area contributed by atoms with Crippen molar-refractivity contribution in [3.63, 3.8) is 0 Å². The molecule has 30 heavy (non-hydrogen) atoms. The molecule has 8 heteroatoms. The largest absolute Gasteiger partial charge is 0.459 e. The summed E-state index contributed by atoms with van der Waals surface area (Å²) in [6, 6.07) is 14.6. The average molecular weight is 415 g/mol. The van der Waals surface area contributed by atoms with Gasteiger partial charge in [0.2, 0.25) is 0 Å². The zero-order valence-electron chi connectivity index (χ0n) is 16.0. The number of hydrogen-bond donors (Lipinski definition) is 1. The second-order valence-corrected chi connectivity index (χ2v) is 6.36. The van der Waals surface area contributed by atoms with Crippen LogP contribution in [0.25, 0.3) is 17.0 Å². The van der Waals surface area contributed by atoms with Gasteiger partial charge in [-0.05, 0) is 42.8 Å². The van der Waals surface area contributed by atoms with E-state index >= 15 is 0 Å². The first-order chi connectivity index (χ1) is 14.4. The summed E-state index contributed by atoms with van der Waals surface area (Å²) in [5.41, 5.74) is 1.30. The summed E-state index contributed by atoms with van der Waals surface area (Å²) < 4.78 is 39.1. The molecule has 3 rings (SSSR count). The molecule has 6 nitrogen and oxygen atoms in total. The highest BCUT2D eigenvalue weighted by Crippen LogP contribution is 2.23. The SMILES string of the molecule is C[C@@H](NC(=O)COC(=O)/C=C/c1ccc(OC(F)F)cc1)c1cc2ccccc2o1. The first-order valence-electron chi connectivity index (χ1n) is 9.08. The quantitative estimate of drug-likeness (QED) is 0.434. The summed E-state index contributed by atoms with van der Waals surface area (Å²) in [4.78, 5) is 23.8. The van der Waals surface area contributed by atoms with Gasteiger partial charge in [0, 0.05) is 11.5 Å². The van der Waals surface area contributed by atoms with Gasteiger partial charge >= 0.3 is 12.6 Å². The molecule has 0 aliphatic carbocycles. The third kappa shape index (κ3) is 5.91. The molecule has 1 aromatic heterocycles. The molecule has 0 aliphatic heterocycles. The number of furan rings is 1. The smallest absolute Gasteiger partial charge is 0.387 e. The summed E-state index contributed by atoms with van der Waals surface area (Å²) in [6.45, 7) is -1.59. The van der Waals surface area contributed by atoms with Crippen molar-refractivity contribution < 1.29 is 32.3 Å². The molecular weight excluding hydrogens is 396 g/mol. The standard InChI is InChI=1S/C22H19F2NO5/c1-14(19-12-16-4-2-3-5-18(16)30-19)25-20(26)13-28-21(27)11-8-15-6-9-17(10-7-15)29-22(23)24/h2-12,14,22H,13H2,1H3,(H,25,26)/b11-8+/t14-/m1/s1. The molecule has 1 amide bonds. The Morgan fingerprint density at radius 3 is 2.57 bits per heavy atom. The Bertz CT molecular complexity index is 1010. The number of hydrogen-bond acceptors (Lipinski definition) is 5. The molecule has 1 heterocycles. The monoisotopic (exact) mass is 415 g/mol. The lowest BCUT2D eigenvalue weighted by atomic mass is 10.2. The number of carbonyl (C=O) groups excluding carboxylic acids is 2. The molecule has 0 spiro atoms. The minimum Gasteiger partial charge on any atom is -0.459 e. The van der Waals surface area contributed by atoms with Crippen molar-refractivity contribution in [2.24, 2.45) is 0 Å². The van der Waals surface area contributed by atoms with Crippen LogP contribution in [-0.4, -0.2) is 25.1 Å². The predicted molar refractivity (Wildman–Crippen MR) is 106 cm³/mol. The summed E-state index contributed by atoms with van der Waals surface area (Å²) in [5, 5.41) is 3.63. The number of para-hydroxylation sites is 1. The molecule has 0 saturated carbocycles. The van der Waals surface area contributed by atoms with Gasteiger partial charge in [-0.1, -0.05) is 30.3 Å². The van der Waals surface area contributed by atoms with Gasteiger partial charge in [-0.2, -0.15) is 8.78 Å². The fourth-order valence-corrected chi connectivity index (χ4v) is 2.68. The van der Waals surface area contributed by atoms with E-state index in [0.717, 1.165) is 17.0 Å². The second-order valence-electron chi connectivity index (χ2n) is 6.36. The summed E-state index contributed by atoms with van der Waals surface area (Å²) in [6.07, 6.45) is 2.57. The molecule has 2 aromatic carbocycles. The fraction of sp³-hybridized carbons (Fsp3) is 0.182. The maximum Gasteiger partial charge on any atom is 0.387 e. The number of rotatable bonds is 8. The number of amides is 1. The van der Waals surface area contributed by atoms with Gasteiger partial charge < -0.3 is 19.2 Å². The first-order valence-corrected chi connectivity index (χ1v) is 9.08. The number of nitrogens with one attached hydrogen (secondary N) is 1. The number of halogens is 2. The number of fused-ring (bicyclic) bond motifs is 1. The van der Waals surface area contributed by atoms with Crippen molar-refractivity contribution in [1.82, 2.24) is 5.32 Å². The maximum atomic E-state index is 12.1. The highest BCUT2D eigenvalue weighted by molar-refractivity contribution is 5.89. The number of benzene rings is 2. The van der Waals surface area contributed by atoms with Gasteiger partial charge in [-0.15, -0.1) is 0 Å². The van der Waals surface area contributed by atoms with Crippen molar-refractivity contribution in [1.29, 1.82) is 0 Å². The predicted octanol–water partition coefficient (Wildman–Crippen LogP) is 4.47. The lowest BCUT2D eigenvalue weighted by Gasteiger charge is -2.11. The summed E-state index contributed by atoms with van der Waals surface area (Å²) >= 11 is 0. The normalized spacial score (nSPS) is 12.3. The van der Waals surface area contributed by atoms with Crippen molar-refractivity contribution >= 4 is 28.9 Å². The highest BCUT2D eigenvalue weighted by atomic mass is 19.3. The number of esters is 1. The van der Waals surface area contributed by atoms with Crippen LogP contribution in [0.15, 0.2) is 65.1 Å². The molecule has 156 valence electrons. The zero-order chi connectivity index (χ0) is 21.5. The minimum absolute atomic E-state index is 0.0139. The Hall–Kier alpha value is -3.68. The molecule has 0 radical (unpaired) electrons. The first kappa shape index (κ1) is 21.0. The van der Waals surface area contributed by atoms with Gasteiger partial charge in [-0.3, -0.25) is 4.79 Å². The Morgan fingerprint density at radius 1 is 1.13 bits per heavy atom. The highest BCUT2D eigenvalue weighted by Gasteiger charge is 2.15. The topological polar surface area (TPSA) is 77.8 Å². The van der Waals surface area contributed by atoms with E-state index in [2.05, 4.69) is 10.1 Å². The Morgan fingerprint density at radius 2 is 1.87 bits per heavy atom. The average Bonchev–Trinajstić information content (AvgIpc) is 3.16. The van der Waals surface area contributed by atoms with Crippen LogP contribution in [0.1, 0.15) is 24.3 Å². The van der Waals surface area contributed by atoms with Gasteiger partial charge in [0.25, 0.3) is 5.91 Å². The van der Waals surface area contributed by atoms with Crippen molar-refractivity contribution in [3.05, 3.63) is 72.0 Å². The molecule has 1 N–H and O–H groups in total. The van der Waals surface area contributed by atoms with Crippen molar-refractivity contribution in [3.8, 4) is 5.75 Å². The number of ether oxygens (including phenoxy) is 2.